The van der Waals surface area contributed by atoms with Crippen LogP contribution in [-0.4, -0.2) is 22.2 Å². The standard InChI is InChI=1S/C20H24O4/c1-3-5-8-13-12-17-14(10-7-11-16(17)19(21)22)15(9-6-4-2)18(13)20(23)24/h7,10-12H,3-6,8-9H2,1-2H3,(H,21,22)(H,23,24). The van der Waals surface area contributed by atoms with Crippen molar-refractivity contribution in [1.29, 1.82) is 0 Å². The Morgan fingerprint density at radius 2 is 1.58 bits per heavy atom. The number of hydrogen-bond acceptors (Lipinski definition) is 2. The third-order valence-electron chi connectivity index (χ3n) is 4.40. The Kier molecular flexibility index (Phi) is 5.96. The zero-order valence-electron chi connectivity index (χ0n) is 14.3. The largest absolute Gasteiger partial charge is 0.478 e. The number of carboxylic acid groups (broad SMARTS) is 2. The lowest BCUT2D eigenvalue weighted by Gasteiger charge is -2.16. The fraction of sp³-hybridized carbons (Fsp3) is 0.400. The fourth-order valence-corrected chi connectivity index (χ4v) is 3.19. The van der Waals surface area contributed by atoms with Gasteiger partial charge in [0.2, 0.25) is 0 Å². The Labute approximate surface area is 142 Å². The molecule has 0 amide bonds. The number of unbranched alkanes of at least 4 members (excludes halogenated alkanes) is 2. The molecule has 0 aromatic heterocycles. The summed E-state index contributed by atoms with van der Waals surface area (Å²) in [4.78, 5) is 23.5. The van der Waals surface area contributed by atoms with Gasteiger partial charge in [0.1, 0.15) is 0 Å². The zero-order valence-corrected chi connectivity index (χ0v) is 14.3. The highest BCUT2D eigenvalue weighted by Crippen LogP contribution is 2.31. The monoisotopic (exact) mass is 328 g/mol. The maximum Gasteiger partial charge on any atom is 0.336 e. The molecule has 0 unspecified atom stereocenters. The van der Waals surface area contributed by atoms with E-state index in [1.54, 1.807) is 18.2 Å². The number of fused-ring (bicyclic) bond motifs is 1. The quantitative estimate of drug-likeness (QED) is 0.721. The first-order valence-corrected chi connectivity index (χ1v) is 8.55. The van der Waals surface area contributed by atoms with E-state index in [2.05, 4.69) is 13.8 Å². The number of hydrogen-bond donors (Lipinski definition) is 2. The van der Waals surface area contributed by atoms with Gasteiger partial charge in [0.05, 0.1) is 11.1 Å². The summed E-state index contributed by atoms with van der Waals surface area (Å²) in [5.41, 5.74) is 2.12. The molecule has 128 valence electrons. The van der Waals surface area contributed by atoms with Crippen LogP contribution < -0.4 is 0 Å². The Morgan fingerprint density at radius 1 is 0.917 bits per heavy atom. The average molecular weight is 328 g/mol. The van der Waals surface area contributed by atoms with Gasteiger partial charge in [-0.25, -0.2) is 9.59 Å². The minimum absolute atomic E-state index is 0.236. The van der Waals surface area contributed by atoms with Crippen LogP contribution in [0.25, 0.3) is 10.8 Å². The molecule has 4 nitrogen and oxygen atoms in total. The van der Waals surface area contributed by atoms with Gasteiger partial charge >= 0.3 is 11.9 Å². The van der Waals surface area contributed by atoms with Crippen LogP contribution in [0.5, 0.6) is 0 Å². The third-order valence-corrected chi connectivity index (χ3v) is 4.40. The predicted octanol–water partition coefficient (Wildman–Crippen LogP) is 4.92. The lowest BCUT2D eigenvalue weighted by atomic mass is 9.87. The first-order chi connectivity index (χ1) is 11.5. The Balaban J connectivity index is 2.81. The molecular formula is C20H24O4. The van der Waals surface area contributed by atoms with Gasteiger partial charge in [-0.2, -0.15) is 0 Å². The number of aryl methyl sites for hydroxylation is 2. The molecule has 0 aliphatic carbocycles. The Morgan fingerprint density at radius 3 is 2.17 bits per heavy atom. The van der Waals surface area contributed by atoms with Crippen LogP contribution >= 0.6 is 0 Å². The van der Waals surface area contributed by atoms with Crippen molar-refractivity contribution in [3.8, 4) is 0 Å². The molecule has 0 bridgehead atoms. The van der Waals surface area contributed by atoms with Gasteiger partial charge in [-0.1, -0.05) is 38.8 Å². The van der Waals surface area contributed by atoms with Crippen LogP contribution in [0.3, 0.4) is 0 Å². The summed E-state index contributed by atoms with van der Waals surface area (Å²) < 4.78 is 0. The third kappa shape index (κ3) is 3.58. The first-order valence-electron chi connectivity index (χ1n) is 8.55. The molecule has 4 heteroatoms. The highest BCUT2D eigenvalue weighted by atomic mass is 16.4. The van der Waals surface area contributed by atoms with Crippen molar-refractivity contribution in [3.63, 3.8) is 0 Å². The SMILES string of the molecule is CCCCc1cc2c(C(=O)O)cccc2c(CCCC)c1C(=O)O. The maximum absolute atomic E-state index is 11.9. The summed E-state index contributed by atoms with van der Waals surface area (Å²) >= 11 is 0. The van der Waals surface area contributed by atoms with Crippen LogP contribution in [0, 0.1) is 0 Å². The molecule has 0 saturated carbocycles. The molecule has 0 radical (unpaired) electrons. The van der Waals surface area contributed by atoms with Gasteiger partial charge in [-0.05, 0) is 59.7 Å². The molecular weight excluding hydrogens is 304 g/mol. The summed E-state index contributed by atoms with van der Waals surface area (Å²) in [5.74, 6) is -1.90. The molecule has 0 atom stereocenters. The molecule has 2 aromatic carbocycles. The van der Waals surface area contributed by atoms with Crippen LogP contribution in [-0.2, 0) is 12.8 Å². The average Bonchev–Trinajstić information content (AvgIpc) is 2.56. The minimum atomic E-state index is -0.980. The van der Waals surface area contributed by atoms with Crippen LogP contribution in [0.2, 0.25) is 0 Å². The van der Waals surface area contributed by atoms with E-state index in [1.165, 1.54) is 0 Å². The van der Waals surface area contributed by atoms with Gasteiger partial charge in [-0.15, -0.1) is 0 Å². The maximum atomic E-state index is 11.9. The van der Waals surface area contributed by atoms with E-state index in [1.807, 2.05) is 6.07 Å². The summed E-state index contributed by atoms with van der Waals surface area (Å²) in [7, 11) is 0. The predicted molar refractivity (Wildman–Crippen MR) is 95.1 cm³/mol. The second-order valence-corrected chi connectivity index (χ2v) is 6.11. The van der Waals surface area contributed by atoms with E-state index >= 15 is 0 Å². The highest BCUT2D eigenvalue weighted by Gasteiger charge is 2.21. The van der Waals surface area contributed by atoms with Crippen molar-refractivity contribution in [2.24, 2.45) is 0 Å². The normalized spacial score (nSPS) is 10.9. The van der Waals surface area contributed by atoms with Crippen molar-refractivity contribution in [3.05, 3.63) is 46.5 Å². The molecule has 2 aromatic rings. The molecule has 24 heavy (non-hydrogen) atoms. The fourth-order valence-electron chi connectivity index (χ4n) is 3.19. The molecule has 2 rings (SSSR count). The summed E-state index contributed by atoms with van der Waals surface area (Å²) in [5, 5.41) is 20.6. The van der Waals surface area contributed by atoms with E-state index in [-0.39, 0.29) is 5.56 Å². The van der Waals surface area contributed by atoms with Crippen LogP contribution in [0.1, 0.15) is 71.4 Å². The topological polar surface area (TPSA) is 74.6 Å². The Hall–Kier alpha value is -2.36. The van der Waals surface area contributed by atoms with E-state index in [0.717, 1.165) is 42.2 Å². The molecule has 0 heterocycles. The molecule has 0 aliphatic heterocycles. The second kappa shape index (κ2) is 7.95. The lowest BCUT2D eigenvalue weighted by molar-refractivity contribution is 0.0686. The number of benzene rings is 2. The van der Waals surface area contributed by atoms with Crippen molar-refractivity contribution in [2.45, 2.75) is 52.4 Å². The van der Waals surface area contributed by atoms with Crippen molar-refractivity contribution < 1.29 is 19.8 Å². The molecule has 0 fully saturated rings. The van der Waals surface area contributed by atoms with Crippen molar-refractivity contribution in [1.82, 2.24) is 0 Å². The minimum Gasteiger partial charge on any atom is -0.478 e. The molecule has 2 N–H and O–H groups in total. The summed E-state index contributed by atoms with van der Waals surface area (Å²) in [6, 6.07) is 6.88. The van der Waals surface area contributed by atoms with Gasteiger partial charge < -0.3 is 10.2 Å². The number of carboxylic acids is 2. The van der Waals surface area contributed by atoms with E-state index in [4.69, 9.17) is 0 Å². The van der Waals surface area contributed by atoms with Gasteiger partial charge in [0.15, 0.2) is 0 Å². The van der Waals surface area contributed by atoms with Gasteiger partial charge in [0, 0.05) is 0 Å². The summed E-state index contributed by atoms with van der Waals surface area (Å²) in [6.07, 6.45) is 4.98. The first kappa shape index (κ1) is 18.0. The van der Waals surface area contributed by atoms with Crippen LogP contribution in [0.4, 0.5) is 0 Å². The Bertz CT molecular complexity index is 762. The highest BCUT2D eigenvalue weighted by molar-refractivity contribution is 6.08. The number of carbonyl (C=O) groups is 2. The summed E-state index contributed by atoms with van der Waals surface area (Å²) in [6.45, 7) is 4.12. The molecule has 0 spiro atoms. The lowest BCUT2D eigenvalue weighted by Crippen LogP contribution is -2.10. The smallest absolute Gasteiger partial charge is 0.336 e. The van der Waals surface area contributed by atoms with Gasteiger partial charge in [-0.3, -0.25) is 0 Å². The molecule has 0 aliphatic rings. The molecule has 0 saturated heterocycles. The van der Waals surface area contributed by atoms with Crippen molar-refractivity contribution in [2.75, 3.05) is 0 Å². The number of aromatic carboxylic acids is 2. The second-order valence-electron chi connectivity index (χ2n) is 6.11. The van der Waals surface area contributed by atoms with Crippen molar-refractivity contribution >= 4 is 22.7 Å². The van der Waals surface area contributed by atoms with Crippen LogP contribution in [0.15, 0.2) is 24.3 Å². The van der Waals surface area contributed by atoms with Gasteiger partial charge in [0.25, 0.3) is 0 Å². The van der Waals surface area contributed by atoms with E-state index in [9.17, 15) is 19.8 Å². The zero-order chi connectivity index (χ0) is 17.7. The number of rotatable bonds is 8. The van der Waals surface area contributed by atoms with E-state index < -0.39 is 11.9 Å². The van der Waals surface area contributed by atoms with E-state index in [0.29, 0.717) is 23.8 Å².